The van der Waals surface area contributed by atoms with E-state index in [2.05, 4.69) is 86.4 Å². The molecule has 0 radical (unpaired) electrons. The highest BCUT2D eigenvalue weighted by Gasteiger charge is 2.22. The molecule has 0 aliphatic heterocycles. The highest BCUT2D eigenvalue weighted by atomic mass is 16.4. The summed E-state index contributed by atoms with van der Waals surface area (Å²) in [6.45, 7) is 31.6. The number of nitrogens with zero attached hydrogens (tertiary/aromatic N) is 10. The predicted molar refractivity (Wildman–Crippen MR) is 236 cm³/mol. The number of aryl methyl sites for hydroxylation is 14. The lowest BCUT2D eigenvalue weighted by Gasteiger charge is -2.06. The third kappa shape index (κ3) is 19.1. The van der Waals surface area contributed by atoms with Crippen LogP contribution in [0.3, 0.4) is 0 Å². The van der Waals surface area contributed by atoms with Crippen molar-refractivity contribution in [1.29, 1.82) is 0 Å². The lowest BCUT2D eigenvalue weighted by Crippen LogP contribution is -2.38. The summed E-state index contributed by atoms with van der Waals surface area (Å²) in [5.74, 6) is 0. The highest BCUT2D eigenvalue weighted by Crippen LogP contribution is 2.07. The van der Waals surface area contributed by atoms with Crippen molar-refractivity contribution in [2.24, 2.45) is 0 Å². The standard InChI is InChI=1S/C9H17BN2O2.2C9H16N2.2C8H14N2O/c1-4-5-6-12-9(10(13)14)7(2)8(3)11-12;2*1-4-5-6-11-7-8(2)9(3)10-11;2*1-7-6-10(4-3-5-11)9-8(7)2/h13-14H,4-6H2,1-3H3;2*7H,4-6H2,1-3H3;2*6,11H,3-5H2,1-2H3. The Labute approximate surface area is 349 Å². The lowest BCUT2D eigenvalue weighted by molar-refractivity contribution is 0.276. The molecule has 5 aromatic rings. The second-order valence-electron chi connectivity index (χ2n) is 15.0. The molecule has 14 nitrogen and oxygen atoms in total. The average molecular weight is 809 g/mol. The number of rotatable bonds is 16. The third-order valence-electron chi connectivity index (χ3n) is 9.78. The number of aliphatic hydroxyl groups is 2. The first-order chi connectivity index (χ1) is 27.5. The van der Waals surface area contributed by atoms with Gasteiger partial charge in [0.05, 0.1) is 34.1 Å². The van der Waals surface area contributed by atoms with Crippen molar-refractivity contribution in [3.8, 4) is 0 Å². The van der Waals surface area contributed by atoms with E-state index in [4.69, 9.17) is 10.2 Å². The average Bonchev–Trinajstić information content (AvgIpc) is 3.96. The van der Waals surface area contributed by atoms with Gasteiger partial charge in [0, 0.05) is 70.7 Å². The summed E-state index contributed by atoms with van der Waals surface area (Å²) in [7, 11) is -1.42. The summed E-state index contributed by atoms with van der Waals surface area (Å²) >= 11 is 0. The zero-order chi connectivity index (χ0) is 43.8. The maximum atomic E-state index is 9.19. The second kappa shape index (κ2) is 28.4. The van der Waals surface area contributed by atoms with Crippen LogP contribution in [0.15, 0.2) is 24.8 Å². The van der Waals surface area contributed by atoms with Crippen LogP contribution in [-0.4, -0.2) is 89.5 Å². The molecule has 0 saturated heterocycles. The Morgan fingerprint density at radius 2 is 0.724 bits per heavy atom. The molecule has 0 unspecified atom stereocenters. The summed E-state index contributed by atoms with van der Waals surface area (Å²) in [6.07, 6.45) is 16.8. The minimum Gasteiger partial charge on any atom is -0.422 e. The van der Waals surface area contributed by atoms with Crippen LogP contribution in [0.4, 0.5) is 0 Å². The van der Waals surface area contributed by atoms with Gasteiger partial charge in [0.25, 0.3) is 0 Å². The Bertz CT molecular complexity index is 1560. The molecule has 326 valence electrons. The van der Waals surface area contributed by atoms with E-state index < -0.39 is 7.12 Å². The van der Waals surface area contributed by atoms with Gasteiger partial charge >= 0.3 is 7.12 Å². The number of aliphatic hydroxyl groups excluding tert-OH is 2. The Kier molecular flexibility index (Phi) is 25.4. The minimum absolute atomic E-state index is 0.234. The molecule has 0 amide bonds. The van der Waals surface area contributed by atoms with Crippen LogP contribution in [0, 0.1) is 69.2 Å². The molecule has 0 spiro atoms. The van der Waals surface area contributed by atoms with Gasteiger partial charge in [-0.25, -0.2) is 0 Å². The van der Waals surface area contributed by atoms with E-state index >= 15 is 0 Å². The van der Waals surface area contributed by atoms with Crippen LogP contribution in [-0.2, 0) is 32.7 Å². The lowest BCUT2D eigenvalue weighted by atomic mass is 9.82. The van der Waals surface area contributed by atoms with Crippen molar-refractivity contribution >= 4 is 12.7 Å². The van der Waals surface area contributed by atoms with Crippen LogP contribution in [0.5, 0.6) is 0 Å². The van der Waals surface area contributed by atoms with E-state index in [1.165, 1.54) is 47.9 Å². The van der Waals surface area contributed by atoms with Gasteiger partial charge in [0.15, 0.2) is 0 Å². The van der Waals surface area contributed by atoms with E-state index in [1.807, 2.05) is 72.7 Å². The molecule has 0 saturated carbocycles. The van der Waals surface area contributed by atoms with Crippen molar-refractivity contribution in [2.45, 2.75) is 174 Å². The number of unbranched alkanes of at least 4 members (excludes halogenated alkanes) is 3. The van der Waals surface area contributed by atoms with Crippen molar-refractivity contribution in [2.75, 3.05) is 13.2 Å². The molecule has 58 heavy (non-hydrogen) atoms. The molecule has 5 aromatic heterocycles. The first-order valence-corrected chi connectivity index (χ1v) is 21.2. The summed E-state index contributed by atoms with van der Waals surface area (Å²) in [6, 6.07) is 0. The predicted octanol–water partition coefficient (Wildman–Crippen LogP) is 6.34. The Morgan fingerprint density at radius 1 is 0.431 bits per heavy atom. The Morgan fingerprint density at radius 3 is 0.966 bits per heavy atom. The van der Waals surface area contributed by atoms with Crippen molar-refractivity contribution in [1.82, 2.24) is 48.9 Å². The summed E-state index contributed by atoms with van der Waals surface area (Å²) < 4.78 is 9.52. The molecule has 0 fully saturated rings. The smallest absolute Gasteiger partial charge is 0.422 e. The van der Waals surface area contributed by atoms with Gasteiger partial charge in [-0.3, -0.25) is 23.4 Å². The van der Waals surface area contributed by atoms with E-state index in [9.17, 15) is 10.0 Å². The molecule has 0 aliphatic carbocycles. The fourth-order valence-corrected chi connectivity index (χ4v) is 5.53. The van der Waals surface area contributed by atoms with Gasteiger partial charge in [-0.15, -0.1) is 0 Å². The van der Waals surface area contributed by atoms with Crippen LogP contribution in [0.2, 0.25) is 0 Å². The van der Waals surface area contributed by atoms with Crippen LogP contribution in [0.25, 0.3) is 0 Å². The fourth-order valence-electron chi connectivity index (χ4n) is 5.53. The molecule has 4 N–H and O–H groups in total. The Balaban J connectivity index is 0.000000364. The van der Waals surface area contributed by atoms with E-state index in [0.717, 1.165) is 92.4 Å². The van der Waals surface area contributed by atoms with E-state index in [-0.39, 0.29) is 13.2 Å². The maximum absolute atomic E-state index is 9.19. The van der Waals surface area contributed by atoms with Crippen LogP contribution < -0.4 is 5.59 Å². The van der Waals surface area contributed by atoms with Gasteiger partial charge in [-0.1, -0.05) is 40.0 Å². The van der Waals surface area contributed by atoms with Gasteiger partial charge in [0.1, 0.15) is 0 Å². The molecule has 5 heterocycles. The molecule has 0 atom stereocenters. The van der Waals surface area contributed by atoms with Crippen LogP contribution in [0.1, 0.15) is 128 Å². The monoisotopic (exact) mass is 809 g/mol. The molecular formula is C43H77BN10O4. The molecule has 0 aliphatic rings. The van der Waals surface area contributed by atoms with E-state index in [0.29, 0.717) is 5.59 Å². The summed E-state index contributed by atoms with van der Waals surface area (Å²) in [4.78, 5) is 0. The largest absolute Gasteiger partial charge is 0.508 e. The first kappa shape index (κ1) is 52.0. The number of aromatic nitrogens is 10. The van der Waals surface area contributed by atoms with Crippen molar-refractivity contribution < 1.29 is 20.3 Å². The van der Waals surface area contributed by atoms with Crippen molar-refractivity contribution in [3.63, 3.8) is 0 Å². The summed E-state index contributed by atoms with van der Waals surface area (Å²) in [5.41, 5.74) is 11.7. The Hall–Kier alpha value is -4.05. The van der Waals surface area contributed by atoms with Gasteiger partial charge < -0.3 is 20.3 Å². The van der Waals surface area contributed by atoms with Gasteiger partial charge in [0.2, 0.25) is 0 Å². The molecule has 0 bridgehead atoms. The van der Waals surface area contributed by atoms with E-state index in [1.54, 1.807) is 4.68 Å². The van der Waals surface area contributed by atoms with Gasteiger partial charge in [-0.05, 0) is 129 Å². The normalized spacial score (nSPS) is 10.5. The minimum atomic E-state index is -1.42. The zero-order valence-corrected chi connectivity index (χ0v) is 38.3. The quantitative estimate of drug-likeness (QED) is 0.0831. The molecule has 15 heteroatoms. The highest BCUT2D eigenvalue weighted by molar-refractivity contribution is 6.58. The molecule has 0 aromatic carbocycles. The zero-order valence-electron chi connectivity index (χ0n) is 38.3. The second-order valence-corrected chi connectivity index (χ2v) is 15.0. The van der Waals surface area contributed by atoms with Crippen molar-refractivity contribution in [3.05, 3.63) is 81.1 Å². The van der Waals surface area contributed by atoms with Crippen LogP contribution >= 0.6 is 0 Å². The molecular weight excluding hydrogens is 731 g/mol. The first-order valence-electron chi connectivity index (χ1n) is 21.2. The summed E-state index contributed by atoms with van der Waals surface area (Å²) in [5, 5.41) is 57.0. The third-order valence-corrected chi connectivity index (χ3v) is 9.78. The van der Waals surface area contributed by atoms with Gasteiger partial charge in [-0.2, -0.15) is 25.5 Å². The molecule has 5 rings (SSSR count). The number of hydrogen-bond donors (Lipinski definition) is 4. The maximum Gasteiger partial charge on any atom is 0.508 e. The number of hydrogen-bond acceptors (Lipinski definition) is 9. The topological polar surface area (TPSA) is 170 Å². The fraction of sp³-hybridized carbons (Fsp3) is 0.651. The SMILES string of the molecule is CCCCn1cc(C)c(C)n1.CCCCn1cc(C)c(C)n1.CCCCn1nc(C)c(C)c1B(O)O.Cc1cn(CCCO)nc1C.Cc1cn(CCCO)nc1C.